The number of aromatic nitrogens is 3. The van der Waals surface area contributed by atoms with Gasteiger partial charge in [0.25, 0.3) is 5.91 Å². The van der Waals surface area contributed by atoms with Crippen molar-refractivity contribution in [2.75, 3.05) is 31.6 Å². The van der Waals surface area contributed by atoms with Gasteiger partial charge in [-0.05, 0) is 36.4 Å². The molecule has 9 nitrogen and oxygen atoms in total. The van der Waals surface area contributed by atoms with E-state index >= 15 is 0 Å². The van der Waals surface area contributed by atoms with Gasteiger partial charge in [-0.2, -0.15) is 9.40 Å². The molecule has 1 amide bonds. The summed E-state index contributed by atoms with van der Waals surface area (Å²) in [7, 11) is -4.09. The zero-order valence-corrected chi connectivity index (χ0v) is 16.5. The number of halogens is 1. The van der Waals surface area contributed by atoms with Crippen LogP contribution in [0, 0.1) is 5.82 Å². The van der Waals surface area contributed by atoms with Crippen LogP contribution in [-0.2, 0) is 14.8 Å². The molecule has 4 rings (SSSR count). The Morgan fingerprint density at radius 2 is 1.93 bits per heavy atom. The Hall–Kier alpha value is -3.15. The Labute approximate surface area is 172 Å². The molecule has 0 unspecified atom stereocenters. The molecule has 30 heavy (non-hydrogen) atoms. The van der Waals surface area contributed by atoms with E-state index in [-0.39, 0.29) is 31.9 Å². The van der Waals surface area contributed by atoms with Gasteiger partial charge in [0.1, 0.15) is 10.7 Å². The molecule has 0 aliphatic carbocycles. The lowest BCUT2D eigenvalue weighted by Gasteiger charge is -2.26. The predicted octanol–water partition coefficient (Wildman–Crippen LogP) is 1.68. The second kappa shape index (κ2) is 8.30. The molecule has 1 N–H and O–H groups in total. The molecule has 0 spiro atoms. The Bertz CT molecular complexity index is 1160. The largest absolute Gasteiger partial charge is 0.379 e. The van der Waals surface area contributed by atoms with Gasteiger partial charge >= 0.3 is 0 Å². The van der Waals surface area contributed by atoms with Crippen molar-refractivity contribution >= 4 is 21.6 Å². The topological polar surface area (TPSA) is 106 Å². The summed E-state index contributed by atoms with van der Waals surface area (Å²) in [6.07, 6.45) is 4.80. The fraction of sp³-hybridized carbons (Fsp3) is 0.211. The van der Waals surface area contributed by atoms with Gasteiger partial charge in [-0.1, -0.05) is 0 Å². The first-order valence-electron chi connectivity index (χ1n) is 9.10. The molecular formula is C19H18FN5O4S. The Morgan fingerprint density at radius 3 is 2.67 bits per heavy atom. The van der Waals surface area contributed by atoms with Crippen LogP contribution in [0.15, 0.2) is 59.9 Å². The van der Waals surface area contributed by atoms with Crippen molar-refractivity contribution in [2.24, 2.45) is 0 Å². The van der Waals surface area contributed by atoms with Gasteiger partial charge in [-0.15, -0.1) is 0 Å². The molecule has 0 atom stereocenters. The number of amides is 1. The van der Waals surface area contributed by atoms with Gasteiger partial charge < -0.3 is 10.1 Å². The summed E-state index contributed by atoms with van der Waals surface area (Å²) >= 11 is 0. The normalized spacial score (nSPS) is 15.1. The molecule has 1 aromatic carbocycles. The Morgan fingerprint density at radius 1 is 1.13 bits per heavy atom. The average molecular weight is 431 g/mol. The highest BCUT2D eigenvalue weighted by molar-refractivity contribution is 7.89. The lowest BCUT2D eigenvalue weighted by molar-refractivity contribution is 0.0729. The van der Waals surface area contributed by atoms with Gasteiger partial charge in [-0.3, -0.25) is 4.79 Å². The van der Waals surface area contributed by atoms with Crippen LogP contribution >= 0.6 is 0 Å². The van der Waals surface area contributed by atoms with E-state index in [2.05, 4.69) is 15.4 Å². The fourth-order valence-electron chi connectivity index (χ4n) is 3.03. The van der Waals surface area contributed by atoms with Gasteiger partial charge in [-0.25, -0.2) is 22.5 Å². The van der Waals surface area contributed by atoms with Crippen molar-refractivity contribution in [2.45, 2.75) is 4.90 Å². The number of hydrogen-bond donors (Lipinski definition) is 1. The number of ether oxygens (including phenoxy) is 1. The number of carbonyl (C=O) groups is 1. The molecule has 1 saturated heterocycles. The summed E-state index contributed by atoms with van der Waals surface area (Å²) < 4.78 is 47.8. The molecule has 156 valence electrons. The van der Waals surface area contributed by atoms with Crippen molar-refractivity contribution in [1.82, 2.24) is 19.1 Å². The molecule has 0 saturated carbocycles. The van der Waals surface area contributed by atoms with Crippen LogP contribution < -0.4 is 5.32 Å². The molecule has 1 fully saturated rings. The molecule has 0 radical (unpaired) electrons. The van der Waals surface area contributed by atoms with E-state index in [9.17, 15) is 17.6 Å². The highest BCUT2D eigenvalue weighted by Gasteiger charge is 2.30. The van der Waals surface area contributed by atoms with Crippen LogP contribution in [0.1, 0.15) is 10.4 Å². The second-order valence-electron chi connectivity index (χ2n) is 6.44. The first kappa shape index (κ1) is 20.1. The lowest BCUT2D eigenvalue weighted by Crippen LogP contribution is -2.41. The second-order valence-corrected chi connectivity index (χ2v) is 8.35. The van der Waals surface area contributed by atoms with Gasteiger partial charge in [0.05, 0.1) is 18.9 Å². The third-order valence-electron chi connectivity index (χ3n) is 4.54. The SMILES string of the molecule is O=C(Nc1cccnc1-n1cccn1)c1ccc(F)c(S(=O)(=O)N2CCOCC2)c1. The predicted molar refractivity (Wildman–Crippen MR) is 105 cm³/mol. The fourth-order valence-corrected chi connectivity index (χ4v) is 4.53. The molecular weight excluding hydrogens is 413 g/mol. The van der Waals surface area contributed by atoms with Crippen molar-refractivity contribution in [3.05, 3.63) is 66.4 Å². The van der Waals surface area contributed by atoms with Crippen molar-refractivity contribution < 1.29 is 22.3 Å². The summed E-state index contributed by atoms with van der Waals surface area (Å²) in [6.45, 7) is 0.721. The minimum absolute atomic E-state index is 0.00139. The number of nitrogens with one attached hydrogen (secondary N) is 1. The zero-order valence-electron chi connectivity index (χ0n) is 15.7. The van der Waals surface area contributed by atoms with E-state index in [1.54, 1.807) is 36.8 Å². The van der Waals surface area contributed by atoms with Crippen LogP contribution in [0.5, 0.6) is 0 Å². The molecule has 2 aromatic heterocycles. The number of hydrogen-bond acceptors (Lipinski definition) is 6. The van der Waals surface area contributed by atoms with Gasteiger partial charge in [0.2, 0.25) is 10.0 Å². The first-order chi connectivity index (χ1) is 14.5. The van der Waals surface area contributed by atoms with E-state index in [4.69, 9.17) is 4.74 Å². The summed E-state index contributed by atoms with van der Waals surface area (Å²) in [5.41, 5.74) is 0.367. The molecule has 1 aliphatic heterocycles. The number of benzene rings is 1. The summed E-state index contributed by atoms with van der Waals surface area (Å²) in [5.74, 6) is -1.13. The van der Waals surface area contributed by atoms with Crippen LogP contribution in [0.4, 0.5) is 10.1 Å². The molecule has 0 bridgehead atoms. The minimum Gasteiger partial charge on any atom is -0.379 e. The van der Waals surface area contributed by atoms with Crippen molar-refractivity contribution in [3.63, 3.8) is 0 Å². The molecule has 3 heterocycles. The maximum absolute atomic E-state index is 14.4. The average Bonchev–Trinajstić information content (AvgIpc) is 3.29. The number of sulfonamides is 1. The summed E-state index contributed by atoms with van der Waals surface area (Å²) in [4.78, 5) is 16.4. The molecule has 11 heteroatoms. The summed E-state index contributed by atoms with van der Waals surface area (Å²) in [6, 6.07) is 8.23. The smallest absolute Gasteiger partial charge is 0.255 e. The molecule has 1 aliphatic rings. The maximum Gasteiger partial charge on any atom is 0.255 e. The van der Waals surface area contributed by atoms with E-state index in [0.29, 0.717) is 11.5 Å². The third-order valence-corrected chi connectivity index (χ3v) is 6.45. The van der Waals surface area contributed by atoms with Crippen LogP contribution in [0.2, 0.25) is 0 Å². The number of rotatable bonds is 5. The number of carbonyl (C=O) groups excluding carboxylic acids is 1. The van der Waals surface area contributed by atoms with Crippen LogP contribution in [0.25, 0.3) is 5.82 Å². The Kier molecular flexibility index (Phi) is 5.57. The van der Waals surface area contributed by atoms with Gasteiger partial charge in [0.15, 0.2) is 5.82 Å². The maximum atomic E-state index is 14.4. The highest BCUT2D eigenvalue weighted by Crippen LogP contribution is 2.23. The van der Waals surface area contributed by atoms with E-state index in [0.717, 1.165) is 16.4 Å². The number of nitrogens with zero attached hydrogens (tertiary/aromatic N) is 4. The molecule has 3 aromatic rings. The Balaban J connectivity index is 1.63. The standard InChI is InChI=1S/C19H18FN5O4S/c20-15-5-4-14(13-17(15)30(27,28)24-9-11-29-12-10-24)19(26)23-16-3-1-6-21-18(16)25-8-2-7-22-25/h1-8,13H,9-12H2,(H,23,26). The quantitative estimate of drug-likeness (QED) is 0.659. The summed E-state index contributed by atoms with van der Waals surface area (Å²) in [5, 5.41) is 6.77. The van der Waals surface area contributed by atoms with Crippen LogP contribution in [-0.4, -0.2) is 59.7 Å². The number of pyridine rings is 1. The zero-order chi connectivity index (χ0) is 21.1. The first-order valence-corrected chi connectivity index (χ1v) is 10.5. The van der Waals surface area contributed by atoms with Crippen LogP contribution in [0.3, 0.4) is 0 Å². The van der Waals surface area contributed by atoms with E-state index in [1.165, 1.54) is 10.7 Å². The third kappa shape index (κ3) is 3.95. The highest BCUT2D eigenvalue weighted by atomic mass is 32.2. The van der Waals surface area contributed by atoms with Crippen molar-refractivity contribution in [1.29, 1.82) is 0 Å². The minimum atomic E-state index is -4.09. The van der Waals surface area contributed by atoms with E-state index < -0.39 is 26.6 Å². The van der Waals surface area contributed by atoms with E-state index in [1.807, 2.05) is 0 Å². The monoisotopic (exact) mass is 431 g/mol. The van der Waals surface area contributed by atoms with Crippen molar-refractivity contribution in [3.8, 4) is 5.82 Å². The van der Waals surface area contributed by atoms with Gasteiger partial charge in [0, 0.05) is 37.2 Å². The lowest BCUT2D eigenvalue weighted by atomic mass is 10.2. The number of anilines is 1. The number of morpholine rings is 1.